The molecule has 262 valence electrons. The van der Waals surface area contributed by atoms with E-state index in [2.05, 4.69) is 146 Å². The molecule has 8 aromatic carbocycles. The maximum absolute atomic E-state index is 9.34. The third-order valence-electron chi connectivity index (χ3n) is 10.7. The van der Waals surface area contributed by atoms with E-state index in [0.29, 0.717) is 23.0 Å². The number of benzene rings is 8. The van der Waals surface area contributed by atoms with Crippen LogP contribution in [0.5, 0.6) is 11.5 Å². The highest BCUT2D eigenvalue weighted by molar-refractivity contribution is 5.93. The van der Waals surface area contributed by atoms with E-state index in [9.17, 15) is 5.26 Å². The Morgan fingerprint density at radius 1 is 0.429 bits per heavy atom. The van der Waals surface area contributed by atoms with Gasteiger partial charge in [0.2, 0.25) is 0 Å². The Bertz CT molecular complexity index is 2880. The predicted octanol–water partition coefficient (Wildman–Crippen LogP) is 12.1. The van der Waals surface area contributed by atoms with Gasteiger partial charge in [-0.3, -0.25) is 0 Å². The van der Waals surface area contributed by atoms with Crippen molar-refractivity contribution in [3.05, 3.63) is 222 Å². The normalized spacial score (nSPS) is 12.6. The third-order valence-corrected chi connectivity index (χ3v) is 10.7. The number of nitrogens with zero attached hydrogens (tertiary/aromatic N) is 4. The van der Waals surface area contributed by atoms with Crippen LogP contribution in [0, 0.1) is 11.3 Å². The number of nitriles is 1. The summed E-state index contributed by atoms with van der Waals surface area (Å²) in [5.74, 6) is 3.39. The van der Waals surface area contributed by atoms with Gasteiger partial charge in [0, 0.05) is 33.2 Å². The van der Waals surface area contributed by atoms with E-state index in [0.717, 1.165) is 61.2 Å². The largest absolute Gasteiger partial charge is 0.456 e. The van der Waals surface area contributed by atoms with Gasteiger partial charge in [0.25, 0.3) is 0 Å². The quantitative estimate of drug-likeness (QED) is 0.171. The zero-order valence-corrected chi connectivity index (χ0v) is 30.2. The average molecular weight is 717 g/mol. The van der Waals surface area contributed by atoms with Gasteiger partial charge in [0.1, 0.15) is 11.5 Å². The molecule has 0 atom stereocenters. The second-order valence-corrected chi connectivity index (χ2v) is 13.9. The number of ether oxygens (including phenoxy) is 1. The smallest absolute Gasteiger partial charge is 0.164 e. The molecule has 0 saturated heterocycles. The Labute approximate surface area is 324 Å². The van der Waals surface area contributed by atoms with Crippen molar-refractivity contribution in [1.29, 1.82) is 5.26 Å². The summed E-state index contributed by atoms with van der Waals surface area (Å²) in [5.41, 5.74) is 9.18. The minimum Gasteiger partial charge on any atom is -0.456 e. The topological polar surface area (TPSA) is 71.7 Å². The summed E-state index contributed by atoms with van der Waals surface area (Å²) in [5, 5.41) is 11.6. The lowest BCUT2D eigenvalue weighted by Crippen LogP contribution is -2.34. The van der Waals surface area contributed by atoms with E-state index in [1.807, 2.05) is 42.5 Å². The zero-order valence-electron chi connectivity index (χ0n) is 30.2. The fraction of sp³-hybridized carbons (Fsp3) is 0.0196. The summed E-state index contributed by atoms with van der Waals surface area (Å²) < 4.78 is 7.02. The fourth-order valence-electron chi connectivity index (χ4n) is 8.02. The van der Waals surface area contributed by atoms with E-state index in [1.165, 1.54) is 11.1 Å². The molecule has 56 heavy (non-hydrogen) atoms. The van der Waals surface area contributed by atoms with E-state index in [1.54, 1.807) is 12.1 Å². The molecular weight excluding hydrogens is 685 g/mol. The van der Waals surface area contributed by atoms with Gasteiger partial charge in [-0.15, -0.1) is 0 Å². The molecule has 2 heterocycles. The van der Waals surface area contributed by atoms with Crippen LogP contribution in [0.3, 0.4) is 0 Å². The van der Waals surface area contributed by atoms with E-state index in [4.69, 9.17) is 19.7 Å². The molecule has 0 saturated carbocycles. The molecule has 0 spiro atoms. The number of rotatable bonds is 6. The van der Waals surface area contributed by atoms with Crippen molar-refractivity contribution in [3.63, 3.8) is 0 Å². The predicted molar refractivity (Wildman–Crippen MR) is 222 cm³/mol. The lowest BCUT2D eigenvalue weighted by Gasteiger charge is -2.42. The molecule has 5 nitrogen and oxygen atoms in total. The molecule has 0 aliphatic carbocycles. The molecule has 0 radical (unpaired) electrons. The van der Waals surface area contributed by atoms with Crippen LogP contribution in [0.1, 0.15) is 27.8 Å². The van der Waals surface area contributed by atoms with Gasteiger partial charge in [-0.05, 0) is 58.0 Å². The van der Waals surface area contributed by atoms with Crippen LogP contribution in [-0.2, 0) is 5.41 Å². The first-order chi connectivity index (χ1) is 27.7. The van der Waals surface area contributed by atoms with Gasteiger partial charge in [-0.1, -0.05) is 164 Å². The van der Waals surface area contributed by atoms with Gasteiger partial charge in [-0.2, -0.15) is 5.26 Å². The Morgan fingerprint density at radius 3 is 1.52 bits per heavy atom. The van der Waals surface area contributed by atoms with Crippen molar-refractivity contribution in [3.8, 4) is 62.9 Å². The minimum atomic E-state index is -0.611. The summed E-state index contributed by atoms with van der Waals surface area (Å²) >= 11 is 0. The lowest BCUT2D eigenvalue weighted by molar-refractivity contribution is 0.440. The van der Waals surface area contributed by atoms with Crippen LogP contribution < -0.4 is 4.74 Å². The van der Waals surface area contributed by atoms with Crippen LogP contribution in [-0.4, -0.2) is 15.0 Å². The van der Waals surface area contributed by atoms with Crippen molar-refractivity contribution in [1.82, 2.24) is 15.0 Å². The molecule has 0 unspecified atom stereocenters. The van der Waals surface area contributed by atoms with Crippen molar-refractivity contribution in [2.75, 3.05) is 0 Å². The zero-order chi connectivity index (χ0) is 37.5. The number of aromatic nitrogens is 3. The Kier molecular flexibility index (Phi) is 8.01. The monoisotopic (exact) mass is 716 g/mol. The SMILES string of the molecule is N#Cc1ccc(-c2nc(-c3ccccc3)nc(-c3ccc(-c4ccc5c(c4)Oc4c(ccc6ccccc46)C5(c4ccccc4)c4ccccc4)cc3)n2)cc1. The second-order valence-electron chi connectivity index (χ2n) is 13.9. The van der Waals surface area contributed by atoms with Crippen molar-refractivity contribution < 1.29 is 4.74 Å². The first kappa shape index (κ1) is 32.9. The molecule has 10 rings (SSSR count). The number of hydrogen-bond donors (Lipinski definition) is 0. The van der Waals surface area contributed by atoms with Gasteiger partial charge in [0.15, 0.2) is 17.5 Å². The summed E-state index contributed by atoms with van der Waals surface area (Å²) in [6.45, 7) is 0. The van der Waals surface area contributed by atoms with Crippen LogP contribution in [0.2, 0.25) is 0 Å². The Balaban J connectivity index is 1.10. The molecule has 1 aliphatic rings. The maximum atomic E-state index is 9.34. The third kappa shape index (κ3) is 5.52. The fourth-order valence-corrected chi connectivity index (χ4v) is 8.02. The number of fused-ring (bicyclic) bond motifs is 4. The first-order valence-corrected chi connectivity index (χ1v) is 18.6. The van der Waals surface area contributed by atoms with E-state index >= 15 is 0 Å². The van der Waals surface area contributed by atoms with Gasteiger partial charge >= 0.3 is 0 Å². The lowest BCUT2D eigenvalue weighted by atomic mass is 9.63. The van der Waals surface area contributed by atoms with Gasteiger partial charge in [0.05, 0.1) is 17.0 Å². The van der Waals surface area contributed by atoms with Crippen LogP contribution in [0.15, 0.2) is 194 Å². The summed E-state index contributed by atoms with van der Waals surface area (Å²) in [6, 6.07) is 68.8. The first-order valence-electron chi connectivity index (χ1n) is 18.6. The van der Waals surface area contributed by atoms with Crippen LogP contribution in [0.25, 0.3) is 56.1 Å². The van der Waals surface area contributed by atoms with E-state index < -0.39 is 5.41 Å². The molecule has 0 fully saturated rings. The highest BCUT2D eigenvalue weighted by atomic mass is 16.5. The molecular formula is C51H32N4O. The summed E-state index contributed by atoms with van der Waals surface area (Å²) in [7, 11) is 0. The average Bonchev–Trinajstić information content (AvgIpc) is 3.29. The highest BCUT2D eigenvalue weighted by Gasteiger charge is 2.45. The molecule has 0 N–H and O–H groups in total. The molecule has 0 bridgehead atoms. The minimum absolute atomic E-state index is 0.544. The van der Waals surface area contributed by atoms with Crippen molar-refractivity contribution in [2.24, 2.45) is 0 Å². The molecule has 0 amide bonds. The second kappa shape index (κ2) is 13.6. The highest BCUT2D eigenvalue weighted by Crippen LogP contribution is 2.57. The van der Waals surface area contributed by atoms with Crippen LogP contribution in [0.4, 0.5) is 0 Å². The van der Waals surface area contributed by atoms with E-state index in [-0.39, 0.29) is 0 Å². The molecule has 9 aromatic rings. The standard InChI is InChI=1S/C51H32N4O/c52-33-34-20-22-38(23-21-34)49-53-48(37-13-4-1-5-14-37)54-50(55-49)39-26-24-35(25-27-39)40-29-30-44-46(32-40)56-47-43-19-11-10-12-36(43)28-31-45(47)51(44,41-15-6-2-7-16-41)42-17-8-3-9-18-42/h1-32H. The Hall–Kier alpha value is -7.68. The van der Waals surface area contributed by atoms with Gasteiger partial charge < -0.3 is 4.74 Å². The van der Waals surface area contributed by atoms with Crippen molar-refractivity contribution >= 4 is 10.8 Å². The maximum Gasteiger partial charge on any atom is 0.164 e. The Morgan fingerprint density at radius 2 is 0.911 bits per heavy atom. The molecule has 5 heteroatoms. The molecule has 1 aliphatic heterocycles. The van der Waals surface area contributed by atoms with Crippen LogP contribution >= 0.6 is 0 Å². The number of hydrogen-bond acceptors (Lipinski definition) is 5. The molecule has 1 aromatic heterocycles. The summed E-state index contributed by atoms with van der Waals surface area (Å²) in [6.07, 6.45) is 0. The summed E-state index contributed by atoms with van der Waals surface area (Å²) in [4.78, 5) is 14.7. The van der Waals surface area contributed by atoms with Gasteiger partial charge in [-0.25, -0.2) is 15.0 Å². The van der Waals surface area contributed by atoms with Crippen molar-refractivity contribution in [2.45, 2.75) is 5.41 Å².